The number of fused-ring (bicyclic) bond motifs is 1. The van der Waals surface area contributed by atoms with Crippen molar-refractivity contribution < 1.29 is 17.9 Å². The average Bonchev–Trinajstić information content (AvgIpc) is 2.98. The summed E-state index contributed by atoms with van der Waals surface area (Å²) in [6, 6.07) is 14.1. The summed E-state index contributed by atoms with van der Waals surface area (Å²) in [6.07, 6.45) is 2.21. The van der Waals surface area contributed by atoms with Gasteiger partial charge in [0.25, 0.3) is 10.0 Å². The maximum Gasteiger partial charge on any atom is 0.306 e. The molecule has 3 aromatic rings. The van der Waals surface area contributed by atoms with Gasteiger partial charge in [-0.15, -0.1) is 0 Å². The highest BCUT2D eigenvalue weighted by molar-refractivity contribution is 7.90. The van der Waals surface area contributed by atoms with Gasteiger partial charge in [-0.25, -0.2) is 12.4 Å². The summed E-state index contributed by atoms with van der Waals surface area (Å²) in [5.41, 5.74) is 1.86. The number of hydrogen-bond acceptors (Lipinski definition) is 4. The van der Waals surface area contributed by atoms with Crippen LogP contribution in [0.15, 0.2) is 59.6 Å². The monoisotopic (exact) mass is 399 g/mol. The van der Waals surface area contributed by atoms with Crippen LogP contribution in [0.1, 0.15) is 38.3 Å². The van der Waals surface area contributed by atoms with Crippen LogP contribution in [-0.4, -0.2) is 24.0 Å². The second-order valence-electron chi connectivity index (χ2n) is 7.87. The Labute approximate surface area is 166 Å². The van der Waals surface area contributed by atoms with Crippen LogP contribution < -0.4 is 0 Å². The smallest absolute Gasteiger partial charge is 0.306 e. The van der Waals surface area contributed by atoms with Crippen LogP contribution in [0.5, 0.6) is 0 Å². The minimum Gasteiger partial charge on any atom is -0.460 e. The zero-order valence-corrected chi connectivity index (χ0v) is 17.4. The Hall–Kier alpha value is -2.60. The van der Waals surface area contributed by atoms with Crippen molar-refractivity contribution in [3.8, 4) is 0 Å². The van der Waals surface area contributed by atoms with Crippen LogP contribution in [0.4, 0.5) is 0 Å². The number of benzene rings is 2. The molecule has 5 nitrogen and oxygen atoms in total. The van der Waals surface area contributed by atoms with Gasteiger partial charge >= 0.3 is 5.97 Å². The fourth-order valence-electron chi connectivity index (χ4n) is 3.07. The number of aromatic nitrogens is 1. The first-order valence-electron chi connectivity index (χ1n) is 9.21. The largest absolute Gasteiger partial charge is 0.460 e. The van der Waals surface area contributed by atoms with Gasteiger partial charge in [-0.3, -0.25) is 4.79 Å². The van der Waals surface area contributed by atoms with Crippen LogP contribution in [0.25, 0.3) is 10.9 Å². The van der Waals surface area contributed by atoms with E-state index in [4.69, 9.17) is 4.74 Å². The molecule has 0 aliphatic carbocycles. The van der Waals surface area contributed by atoms with E-state index in [1.54, 1.807) is 42.6 Å². The molecule has 6 heteroatoms. The van der Waals surface area contributed by atoms with Gasteiger partial charge in [-0.1, -0.05) is 35.9 Å². The third-order valence-corrected chi connectivity index (χ3v) is 6.04. The van der Waals surface area contributed by atoms with Crippen LogP contribution in [0.3, 0.4) is 0 Å². The zero-order valence-electron chi connectivity index (χ0n) is 16.6. The van der Waals surface area contributed by atoms with Gasteiger partial charge in [0.2, 0.25) is 0 Å². The topological polar surface area (TPSA) is 65.4 Å². The van der Waals surface area contributed by atoms with E-state index in [-0.39, 0.29) is 17.3 Å². The molecule has 3 rings (SSSR count). The molecule has 1 aromatic heterocycles. The molecule has 0 spiro atoms. The van der Waals surface area contributed by atoms with Gasteiger partial charge in [0.1, 0.15) is 5.60 Å². The minimum atomic E-state index is -3.73. The molecule has 0 fully saturated rings. The Morgan fingerprint density at radius 2 is 1.68 bits per heavy atom. The molecule has 28 heavy (non-hydrogen) atoms. The molecule has 148 valence electrons. The Kier molecular flexibility index (Phi) is 5.35. The molecule has 2 aromatic carbocycles. The van der Waals surface area contributed by atoms with Crippen molar-refractivity contribution in [3.63, 3.8) is 0 Å². The van der Waals surface area contributed by atoms with E-state index in [0.717, 1.165) is 16.5 Å². The van der Waals surface area contributed by atoms with Crippen molar-refractivity contribution in [1.82, 2.24) is 3.97 Å². The maximum atomic E-state index is 13.2. The predicted molar refractivity (Wildman–Crippen MR) is 110 cm³/mol. The fraction of sp³-hybridized carbons (Fsp3) is 0.318. The Balaban J connectivity index is 1.97. The van der Waals surface area contributed by atoms with E-state index >= 15 is 0 Å². The number of aryl methyl sites for hydroxylation is 2. The molecular weight excluding hydrogens is 374 g/mol. The van der Waals surface area contributed by atoms with Crippen molar-refractivity contribution in [2.24, 2.45) is 0 Å². The normalized spacial score (nSPS) is 12.3. The molecule has 0 bridgehead atoms. The van der Waals surface area contributed by atoms with E-state index in [9.17, 15) is 13.2 Å². The van der Waals surface area contributed by atoms with Gasteiger partial charge in [-0.2, -0.15) is 0 Å². The second-order valence-corrected chi connectivity index (χ2v) is 9.69. The van der Waals surface area contributed by atoms with Crippen molar-refractivity contribution in [2.45, 2.75) is 51.0 Å². The minimum absolute atomic E-state index is 0.190. The zero-order chi connectivity index (χ0) is 20.5. The van der Waals surface area contributed by atoms with Gasteiger partial charge in [0.15, 0.2) is 0 Å². The molecule has 0 aliphatic rings. The van der Waals surface area contributed by atoms with E-state index in [2.05, 4.69) is 0 Å². The molecule has 0 saturated carbocycles. The lowest BCUT2D eigenvalue weighted by Gasteiger charge is -2.19. The first-order chi connectivity index (χ1) is 13.1. The fourth-order valence-corrected chi connectivity index (χ4v) is 4.46. The molecule has 0 saturated heterocycles. The van der Waals surface area contributed by atoms with E-state index in [1.165, 1.54) is 3.97 Å². The quantitative estimate of drug-likeness (QED) is 0.594. The van der Waals surface area contributed by atoms with Gasteiger partial charge in [0.05, 0.1) is 10.4 Å². The van der Waals surface area contributed by atoms with Crippen molar-refractivity contribution in [1.29, 1.82) is 0 Å². The van der Waals surface area contributed by atoms with Crippen LogP contribution in [0.2, 0.25) is 0 Å². The highest BCUT2D eigenvalue weighted by Gasteiger charge is 2.22. The lowest BCUT2D eigenvalue weighted by Crippen LogP contribution is -2.24. The van der Waals surface area contributed by atoms with Gasteiger partial charge in [0, 0.05) is 18.0 Å². The number of nitrogens with zero attached hydrogens (tertiary/aromatic N) is 1. The van der Waals surface area contributed by atoms with E-state index in [0.29, 0.717) is 11.9 Å². The molecule has 0 amide bonds. The van der Waals surface area contributed by atoms with Crippen LogP contribution in [0, 0.1) is 6.92 Å². The predicted octanol–water partition coefficient (Wildman–Crippen LogP) is 4.46. The first-order valence-corrected chi connectivity index (χ1v) is 10.6. The summed E-state index contributed by atoms with van der Waals surface area (Å²) < 4.78 is 33.0. The summed E-state index contributed by atoms with van der Waals surface area (Å²) in [4.78, 5) is 12.3. The number of carbonyl (C=O) groups is 1. The van der Waals surface area contributed by atoms with Crippen molar-refractivity contribution >= 4 is 26.9 Å². The summed E-state index contributed by atoms with van der Waals surface area (Å²) >= 11 is 0. The van der Waals surface area contributed by atoms with Crippen molar-refractivity contribution in [3.05, 3.63) is 65.9 Å². The summed E-state index contributed by atoms with van der Waals surface area (Å²) in [5, 5.41) is 0.821. The number of rotatable bonds is 5. The molecule has 0 unspecified atom stereocenters. The summed E-state index contributed by atoms with van der Waals surface area (Å²) in [7, 11) is -3.73. The molecular formula is C22H25NO4S. The lowest BCUT2D eigenvalue weighted by molar-refractivity contribution is -0.154. The summed E-state index contributed by atoms with van der Waals surface area (Å²) in [6.45, 7) is 7.39. The first kappa shape index (κ1) is 20.1. The van der Waals surface area contributed by atoms with Crippen LogP contribution >= 0.6 is 0 Å². The SMILES string of the molecule is Cc1ccc(S(=O)(=O)n2cc(CCC(=O)OC(C)(C)C)c3ccccc32)cc1. The number of para-hydroxylation sites is 1. The molecule has 0 aliphatic heterocycles. The molecule has 0 atom stereocenters. The molecule has 0 radical (unpaired) electrons. The number of esters is 1. The highest BCUT2D eigenvalue weighted by Crippen LogP contribution is 2.27. The second kappa shape index (κ2) is 7.43. The van der Waals surface area contributed by atoms with Gasteiger partial charge < -0.3 is 4.74 Å². The lowest BCUT2D eigenvalue weighted by atomic mass is 10.1. The van der Waals surface area contributed by atoms with Crippen LogP contribution in [-0.2, 0) is 26.0 Å². The maximum absolute atomic E-state index is 13.2. The third kappa shape index (κ3) is 4.28. The molecule has 0 N–H and O–H groups in total. The van der Waals surface area contributed by atoms with Crippen molar-refractivity contribution in [2.75, 3.05) is 0 Å². The number of hydrogen-bond donors (Lipinski definition) is 0. The standard InChI is InChI=1S/C22H25NO4S/c1-16-9-12-18(13-10-16)28(25,26)23-15-17(19-7-5-6-8-20(19)23)11-14-21(24)27-22(2,3)4/h5-10,12-13,15H,11,14H2,1-4H3. The summed E-state index contributed by atoms with van der Waals surface area (Å²) in [5.74, 6) is -0.300. The third-order valence-electron chi connectivity index (χ3n) is 4.36. The Bertz CT molecular complexity index is 1100. The Morgan fingerprint density at radius 1 is 1.04 bits per heavy atom. The van der Waals surface area contributed by atoms with E-state index < -0.39 is 15.6 Å². The number of carbonyl (C=O) groups excluding carboxylic acids is 1. The molecule has 1 heterocycles. The average molecular weight is 400 g/mol. The Morgan fingerprint density at radius 3 is 2.32 bits per heavy atom. The number of ether oxygens (including phenoxy) is 1. The highest BCUT2D eigenvalue weighted by atomic mass is 32.2. The van der Waals surface area contributed by atoms with E-state index in [1.807, 2.05) is 39.8 Å². The van der Waals surface area contributed by atoms with Gasteiger partial charge in [-0.05, 0) is 57.9 Å².